The minimum absolute atomic E-state index is 0.309. The monoisotopic (exact) mass is 293 g/mol. The zero-order valence-corrected chi connectivity index (χ0v) is 10.9. The molecule has 2 aromatic heterocycles. The van der Waals surface area contributed by atoms with Crippen LogP contribution in [0.4, 0.5) is 0 Å². The second kappa shape index (κ2) is 3.92. The van der Waals surface area contributed by atoms with Crippen LogP contribution in [0.2, 0.25) is 0 Å². The minimum Gasteiger partial charge on any atom is -0.388 e. The van der Waals surface area contributed by atoms with Gasteiger partial charge in [-0.25, -0.2) is 9.67 Å². The summed E-state index contributed by atoms with van der Waals surface area (Å²) < 4.78 is 2.60. The van der Waals surface area contributed by atoms with Gasteiger partial charge in [-0.15, -0.1) is 0 Å². The first-order valence-electron chi connectivity index (χ1n) is 5.55. The summed E-state index contributed by atoms with van der Waals surface area (Å²) in [5.74, 6) is 1.09. The van der Waals surface area contributed by atoms with Gasteiger partial charge in [-0.2, -0.15) is 5.10 Å². The van der Waals surface area contributed by atoms with Crippen LogP contribution in [-0.2, 0) is 0 Å². The number of hydrogen-bond acceptors (Lipinski definition) is 3. The SMILES string of the molecule is CC1CC(O)c2cnn(-c3cccc(Br)n3)c21. The molecule has 4 nitrogen and oxygen atoms in total. The van der Waals surface area contributed by atoms with E-state index in [-0.39, 0.29) is 6.10 Å². The summed E-state index contributed by atoms with van der Waals surface area (Å²) in [4.78, 5) is 4.39. The molecule has 0 amide bonds. The molecule has 0 saturated heterocycles. The fourth-order valence-electron chi connectivity index (χ4n) is 2.39. The summed E-state index contributed by atoms with van der Waals surface area (Å²) in [6.07, 6.45) is 2.12. The average molecular weight is 294 g/mol. The van der Waals surface area contributed by atoms with E-state index in [1.807, 2.05) is 22.9 Å². The number of pyridine rings is 1. The fraction of sp³-hybridized carbons (Fsp3) is 0.333. The molecule has 17 heavy (non-hydrogen) atoms. The lowest BCUT2D eigenvalue weighted by atomic mass is 10.1. The first kappa shape index (κ1) is 10.9. The molecule has 0 aromatic carbocycles. The third-order valence-electron chi connectivity index (χ3n) is 3.16. The molecule has 2 aromatic rings. The standard InChI is InChI=1S/C12H12BrN3O/c1-7-5-9(17)8-6-14-16(12(7)8)11-4-2-3-10(13)15-11/h2-4,6-7,9,17H,5H2,1H3. The van der Waals surface area contributed by atoms with Crippen molar-refractivity contribution < 1.29 is 5.11 Å². The van der Waals surface area contributed by atoms with Crippen molar-refractivity contribution >= 4 is 15.9 Å². The lowest BCUT2D eigenvalue weighted by Crippen LogP contribution is -2.05. The Hall–Kier alpha value is -1.20. The van der Waals surface area contributed by atoms with Gasteiger partial charge in [0.1, 0.15) is 4.60 Å². The van der Waals surface area contributed by atoms with Crippen LogP contribution >= 0.6 is 15.9 Å². The van der Waals surface area contributed by atoms with E-state index in [1.165, 1.54) is 0 Å². The normalized spacial score (nSPS) is 22.8. The van der Waals surface area contributed by atoms with E-state index in [0.29, 0.717) is 5.92 Å². The summed E-state index contributed by atoms with van der Waals surface area (Å²) in [6, 6.07) is 5.72. The van der Waals surface area contributed by atoms with Crippen molar-refractivity contribution in [2.75, 3.05) is 0 Å². The van der Waals surface area contributed by atoms with E-state index < -0.39 is 0 Å². The summed E-state index contributed by atoms with van der Waals surface area (Å²) in [7, 11) is 0. The van der Waals surface area contributed by atoms with E-state index in [4.69, 9.17) is 0 Å². The number of halogens is 1. The molecule has 0 spiro atoms. The van der Waals surface area contributed by atoms with Crippen molar-refractivity contribution in [3.63, 3.8) is 0 Å². The molecule has 0 fully saturated rings. The zero-order valence-electron chi connectivity index (χ0n) is 9.34. The van der Waals surface area contributed by atoms with Gasteiger partial charge in [0.25, 0.3) is 0 Å². The van der Waals surface area contributed by atoms with Crippen molar-refractivity contribution in [1.29, 1.82) is 0 Å². The van der Waals surface area contributed by atoms with Crippen LogP contribution in [0.25, 0.3) is 5.82 Å². The molecule has 2 heterocycles. The number of nitrogens with zero attached hydrogens (tertiary/aromatic N) is 3. The molecule has 0 radical (unpaired) electrons. The third kappa shape index (κ3) is 1.70. The summed E-state index contributed by atoms with van der Waals surface area (Å²) >= 11 is 3.35. The highest BCUT2D eigenvalue weighted by Crippen LogP contribution is 2.40. The first-order chi connectivity index (χ1) is 8.16. The number of rotatable bonds is 1. The van der Waals surface area contributed by atoms with Crippen LogP contribution in [0, 0.1) is 0 Å². The van der Waals surface area contributed by atoms with Gasteiger partial charge in [0.05, 0.1) is 18.0 Å². The summed E-state index contributed by atoms with van der Waals surface area (Å²) in [5, 5.41) is 14.2. The summed E-state index contributed by atoms with van der Waals surface area (Å²) in [5.41, 5.74) is 2.00. The first-order valence-corrected chi connectivity index (χ1v) is 6.35. The Labute approximate surface area is 107 Å². The number of aromatic nitrogens is 3. The molecule has 0 bridgehead atoms. The van der Waals surface area contributed by atoms with E-state index in [1.54, 1.807) is 6.20 Å². The van der Waals surface area contributed by atoms with Gasteiger partial charge in [0, 0.05) is 11.5 Å². The molecule has 88 valence electrons. The maximum Gasteiger partial charge on any atom is 0.154 e. The van der Waals surface area contributed by atoms with E-state index in [2.05, 4.69) is 32.9 Å². The molecule has 5 heteroatoms. The van der Waals surface area contributed by atoms with E-state index in [0.717, 1.165) is 28.1 Å². The Morgan fingerprint density at radius 1 is 1.47 bits per heavy atom. The minimum atomic E-state index is -0.388. The van der Waals surface area contributed by atoms with Gasteiger partial charge in [-0.1, -0.05) is 13.0 Å². The predicted octanol–water partition coefficient (Wildman–Crippen LogP) is 2.57. The molecule has 1 aliphatic rings. The van der Waals surface area contributed by atoms with Gasteiger partial charge in [-0.3, -0.25) is 0 Å². The maximum atomic E-state index is 9.88. The van der Waals surface area contributed by atoms with Crippen LogP contribution in [0.1, 0.15) is 36.6 Å². The smallest absolute Gasteiger partial charge is 0.154 e. The van der Waals surface area contributed by atoms with Gasteiger partial charge in [0.2, 0.25) is 0 Å². The Morgan fingerprint density at radius 3 is 3.06 bits per heavy atom. The lowest BCUT2D eigenvalue weighted by Gasteiger charge is -2.08. The molecular weight excluding hydrogens is 282 g/mol. The zero-order chi connectivity index (χ0) is 12.0. The Morgan fingerprint density at radius 2 is 2.29 bits per heavy atom. The van der Waals surface area contributed by atoms with Crippen molar-refractivity contribution in [2.24, 2.45) is 0 Å². The highest BCUT2D eigenvalue weighted by molar-refractivity contribution is 9.10. The molecular formula is C12H12BrN3O. The molecule has 1 aliphatic carbocycles. The molecule has 1 N–H and O–H groups in total. The molecule has 2 atom stereocenters. The quantitative estimate of drug-likeness (QED) is 0.822. The average Bonchev–Trinajstić information content (AvgIpc) is 2.82. The number of fused-ring (bicyclic) bond motifs is 1. The van der Waals surface area contributed by atoms with Crippen LogP contribution < -0.4 is 0 Å². The van der Waals surface area contributed by atoms with Gasteiger partial charge < -0.3 is 5.11 Å². The Kier molecular flexibility index (Phi) is 2.52. The van der Waals surface area contributed by atoms with Crippen molar-refractivity contribution in [3.05, 3.63) is 40.3 Å². The van der Waals surface area contributed by atoms with Crippen molar-refractivity contribution in [2.45, 2.75) is 25.4 Å². The topological polar surface area (TPSA) is 50.9 Å². The Balaban J connectivity index is 2.14. The predicted molar refractivity (Wildman–Crippen MR) is 67.1 cm³/mol. The van der Waals surface area contributed by atoms with E-state index >= 15 is 0 Å². The third-order valence-corrected chi connectivity index (χ3v) is 3.60. The second-order valence-electron chi connectivity index (χ2n) is 4.37. The van der Waals surface area contributed by atoms with Crippen LogP contribution in [0.15, 0.2) is 29.0 Å². The van der Waals surface area contributed by atoms with Crippen LogP contribution in [-0.4, -0.2) is 19.9 Å². The highest BCUT2D eigenvalue weighted by atomic mass is 79.9. The van der Waals surface area contributed by atoms with Crippen LogP contribution in [0.3, 0.4) is 0 Å². The van der Waals surface area contributed by atoms with Gasteiger partial charge in [-0.05, 0) is 34.5 Å². The fourth-order valence-corrected chi connectivity index (χ4v) is 2.73. The van der Waals surface area contributed by atoms with Gasteiger partial charge in [0.15, 0.2) is 5.82 Å². The molecule has 0 aliphatic heterocycles. The van der Waals surface area contributed by atoms with Gasteiger partial charge >= 0.3 is 0 Å². The lowest BCUT2D eigenvalue weighted by molar-refractivity contribution is 0.174. The largest absolute Gasteiger partial charge is 0.388 e. The number of aliphatic hydroxyl groups excluding tert-OH is 1. The summed E-state index contributed by atoms with van der Waals surface area (Å²) in [6.45, 7) is 2.10. The number of hydrogen-bond donors (Lipinski definition) is 1. The van der Waals surface area contributed by atoms with Crippen molar-refractivity contribution in [1.82, 2.24) is 14.8 Å². The molecule has 2 unspecified atom stereocenters. The second-order valence-corrected chi connectivity index (χ2v) is 5.18. The van der Waals surface area contributed by atoms with Crippen molar-refractivity contribution in [3.8, 4) is 5.82 Å². The number of aliphatic hydroxyl groups is 1. The van der Waals surface area contributed by atoms with E-state index in [9.17, 15) is 5.11 Å². The maximum absolute atomic E-state index is 9.88. The Bertz CT molecular complexity index is 567. The molecule has 3 rings (SSSR count). The highest BCUT2D eigenvalue weighted by Gasteiger charge is 2.31. The molecule has 0 saturated carbocycles. The van der Waals surface area contributed by atoms with Crippen LogP contribution in [0.5, 0.6) is 0 Å².